The van der Waals surface area contributed by atoms with Gasteiger partial charge in [0.1, 0.15) is 0 Å². The number of hydrogen-bond donors (Lipinski definition) is 0. The van der Waals surface area contributed by atoms with Crippen LogP contribution in [0.1, 0.15) is 24.9 Å². The molecule has 0 aliphatic rings. The normalized spacial score (nSPS) is 9.08. The van der Waals surface area contributed by atoms with E-state index in [0.29, 0.717) is 0 Å². The quantitative estimate of drug-likeness (QED) is 0.624. The molecule has 0 N–H and O–H groups in total. The van der Waals surface area contributed by atoms with Gasteiger partial charge in [-0.3, -0.25) is 4.79 Å². The standard InChI is InChI=1S/C9H13NOS.K.H/c1-3-10(4-2)9(11)8-6-5-7-12-8;;/h5-7H,3-4H2,1-2H3;;/q;+1;-1. The molecule has 0 aliphatic carbocycles. The smallest absolute Gasteiger partial charge is 1.00 e. The first-order valence-electron chi connectivity index (χ1n) is 4.12. The first kappa shape index (κ1) is 13.8. The van der Waals surface area contributed by atoms with E-state index in [0.717, 1.165) is 18.0 Å². The van der Waals surface area contributed by atoms with E-state index in [4.69, 9.17) is 0 Å². The molecule has 13 heavy (non-hydrogen) atoms. The minimum Gasteiger partial charge on any atom is -1.00 e. The Balaban J connectivity index is 0. The van der Waals surface area contributed by atoms with Gasteiger partial charge in [0, 0.05) is 13.1 Å². The number of nitrogens with zero attached hydrogens (tertiary/aromatic N) is 1. The van der Waals surface area contributed by atoms with E-state index >= 15 is 0 Å². The molecule has 1 rings (SSSR count). The number of hydrogen-bond acceptors (Lipinski definition) is 2. The van der Waals surface area contributed by atoms with Gasteiger partial charge in [0.15, 0.2) is 0 Å². The van der Waals surface area contributed by atoms with Gasteiger partial charge in [-0.25, -0.2) is 0 Å². The predicted molar refractivity (Wildman–Crippen MR) is 52.7 cm³/mol. The van der Waals surface area contributed by atoms with Gasteiger partial charge >= 0.3 is 51.4 Å². The van der Waals surface area contributed by atoms with E-state index in [1.54, 1.807) is 0 Å². The van der Waals surface area contributed by atoms with Crippen molar-refractivity contribution in [2.24, 2.45) is 0 Å². The number of thiophene rings is 1. The average molecular weight is 223 g/mol. The molecule has 0 bridgehead atoms. The van der Waals surface area contributed by atoms with Crippen LogP contribution in [0.4, 0.5) is 0 Å². The van der Waals surface area contributed by atoms with Crippen molar-refractivity contribution in [2.75, 3.05) is 13.1 Å². The molecule has 1 heterocycles. The molecule has 0 atom stereocenters. The van der Waals surface area contributed by atoms with Crippen molar-refractivity contribution in [1.29, 1.82) is 0 Å². The Morgan fingerprint density at radius 3 is 2.54 bits per heavy atom. The largest absolute Gasteiger partial charge is 1.00 e. The Morgan fingerprint density at radius 2 is 2.15 bits per heavy atom. The molecule has 1 amide bonds. The molecule has 2 nitrogen and oxygen atoms in total. The summed E-state index contributed by atoms with van der Waals surface area (Å²) in [5.41, 5.74) is 0. The fourth-order valence-electron chi connectivity index (χ4n) is 1.07. The molecule has 0 aromatic carbocycles. The van der Waals surface area contributed by atoms with Gasteiger partial charge in [-0.2, -0.15) is 0 Å². The van der Waals surface area contributed by atoms with Crippen LogP contribution in [0.2, 0.25) is 0 Å². The molecule has 1 aromatic heterocycles. The summed E-state index contributed by atoms with van der Waals surface area (Å²) < 4.78 is 0. The first-order valence-corrected chi connectivity index (χ1v) is 5.00. The number of carbonyl (C=O) groups excluding carboxylic acids is 1. The van der Waals surface area contributed by atoms with E-state index < -0.39 is 0 Å². The molecule has 4 heteroatoms. The zero-order valence-electron chi connectivity index (χ0n) is 9.41. The predicted octanol–water partition coefficient (Wildman–Crippen LogP) is -0.653. The van der Waals surface area contributed by atoms with Gasteiger partial charge in [-0.05, 0) is 25.3 Å². The van der Waals surface area contributed by atoms with Crippen molar-refractivity contribution in [3.63, 3.8) is 0 Å². The second kappa shape index (κ2) is 7.14. The summed E-state index contributed by atoms with van der Waals surface area (Å²) in [5, 5.41) is 1.93. The van der Waals surface area contributed by atoms with Gasteiger partial charge in [-0.1, -0.05) is 6.07 Å². The molecule has 0 unspecified atom stereocenters. The molecule has 0 saturated heterocycles. The third kappa shape index (κ3) is 3.81. The number of carbonyl (C=O) groups is 1. The molecule has 0 spiro atoms. The minimum atomic E-state index is 0. The molecule has 68 valence electrons. The van der Waals surface area contributed by atoms with Crippen LogP contribution in [-0.4, -0.2) is 23.9 Å². The van der Waals surface area contributed by atoms with Gasteiger partial charge < -0.3 is 6.33 Å². The molecule has 0 fully saturated rings. The Bertz CT molecular complexity index is 249. The van der Waals surface area contributed by atoms with Crippen molar-refractivity contribution in [3.05, 3.63) is 22.4 Å². The summed E-state index contributed by atoms with van der Waals surface area (Å²) in [7, 11) is 0. The van der Waals surface area contributed by atoms with Crippen molar-refractivity contribution in [1.82, 2.24) is 4.90 Å². The Kier molecular flexibility index (Phi) is 7.59. The topological polar surface area (TPSA) is 20.3 Å². The van der Waals surface area contributed by atoms with Gasteiger partial charge in [-0.15, -0.1) is 11.3 Å². The molecule has 0 saturated carbocycles. The zero-order valence-corrected chi connectivity index (χ0v) is 12.3. The maximum absolute atomic E-state index is 11.6. The molecule has 1 aromatic rings. The van der Waals surface area contributed by atoms with Crippen molar-refractivity contribution < 1.29 is 57.6 Å². The van der Waals surface area contributed by atoms with E-state index in [1.165, 1.54) is 11.3 Å². The third-order valence-electron chi connectivity index (χ3n) is 1.78. The SMILES string of the molecule is CCN(CC)C(=O)c1cccs1.[H-].[K+]. The monoisotopic (exact) mass is 223 g/mol. The van der Waals surface area contributed by atoms with Crippen LogP contribution < -0.4 is 51.4 Å². The number of rotatable bonds is 3. The van der Waals surface area contributed by atoms with E-state index in [9.17, 15) is 4.79 Å². The zero-order chi connectivity index (χ0) is 8.97. The summed E-state index contributed by atoms with van der Waals surface area (Å²) >= 11 is 1.50. The average Bonchev–Trinajstić information content (AvgIpc) is 2.58. The summed E-state index contributed by atoms with van der Waals surface area (Å²) in [4.78, 5) is 14.3. The van der Waals surface area contributed by atoms with Gasteiger partial charge in [0.25, 0.3) is 5.91 Å². The Hall–Kier alpha value is 0.806. The van der Waals surface area contributed by atoms with Crippen molar-refractivity contribution >= 4 is 17.2 Å². The van der Waals surface area contributed by atoms with Crippen molar-refractivity contribution in [2.45, 2.75) is 13.8 Å². The fourth-order valence-corrected chi connectivity index (χ4v) is 1.76. The maximum atomic E-state index is 11.6. The Labute approximate surface area is 127 Å². The summed E-state index contributed by atoms with van der Waals surface area (Å²) in [6, 6.07) is 3.77. The van der Waals surface area contributed by atoms with E-state index in [1.807, 2.05) is 36.3 Å². The molecule has 0 aliphatic heterocycles. The van der Waals surface area contributed by atoms with E-state index in [-0.39, 0.29) is 58.7 Å². The Morgan fingerprint density at radius 1 is 1.54 bits per heavy atom. The van der Waals surface area contributed by atoms with Crippen LogP contribution in [0.25, 0.3) is 0 Å². The summed E-state index contributed by atoms with van der Waals surface area (Å²) in [5.74, 6) is 0.148. The third-order valence-corrected chi connectivity index (χ3v) is 2.64. The summed E-state index contributed by atoms with van der Waals surface area (Å²) in [6.07, 6.45) is 0. The first-order chi connectivity index (χ1) is 5.79. The fraction of sp³-hybridized carbons (Fsp3) is 0.444. The van der Waals surface area contributed by atoms with Gasteiger partial charge in [0.05, 0.1) is 4.88 Å². The van der Waals surface area contributed by atoms with Gasteiger partial charge in [0.2, 0.25) is 0 Å². The van der Waals surface area contributed by atoms with Crippen LogP contribution in [0.15, 0.2) is 17.5 Å². The molecular weight excluding hydrogens is 209 g/mol. The van der Waals surface area contributed by atoms with E-state index in [2.05, 4.69) is 0 Å². The van der Waals surface area contributed by atoms with Crippen LogP contribution in [0, 0.1) is 0 Å². The van der Waals surface area contributed by atoms with Crippen LogP contribution in [0.3, 0.4) is 0 Å². The molecule has 0 radical (unpaired) electrons. The van der Waals surface area contributed by atoms with Crippen LogP contribution >= 0.6 is 11.3 Å². The van der Waals surface area contributed by atoms with Crippen LogP contribution in [-0.2, 0) is 0 Å². The maximum Gasteiger partial charge on any atom is 1.00 e. The minimum absolute atomic E-state index is 0. The number of amides is 1. The molecular formula is C9H14KNOS. The second-order valence-corrected chi connectivity index (χ2v) is 3.40. The van der Waals surface area contributed by atoms with Crippen LogP contribution in [0.5, 0.6) is 0 Å². The van der Waals surface area contributed by atoms with Crippen molar-refractivity contribution in [3.8, 4) is 0 Å². The second-order valence-electron chi connectivity index (χ2n) is 2.45. The summed E-state index contributed by atoms with van der Waals surface area (Å²) in [6.45, 7) is 5.56.